The number of nitrogens with one attached hydrogen (secondary N) is 2. The number of aromatic nitrogens is 4. The molecule has 0 amide bonds. The molecule has 0 saturated carbocycles. The van der Waals surface area contributed by atoms with E-state index in [4.69, 9.17) is 4.74 Å². The summed E-state index contributed by atoms with van der Waals surface area (Å²) in [5, 5.41) is 6.21. The molecule has 134 valence electrons. The van der Waals surface area contributed by atoms with E-state index in [1.54, 1.807) is 0 Å². The predicted octanol–water partition coefficient (Wildman–Crippen LogP) is 3.22. The van der Waals surface area contributed by atoms with Gasteiger partial charge < -0.3 is 10.1 Å². The summed E-state index contributed by atoms with van der Waals surface area (Å²) in [6.45, 7) is 3.93. The molecule has 7 heteroatoms. The lowest BCUT2D eigenvalue weighted by atomic mass is 10.2. The zero-order valence-corrected chi connectivity index (χ0v) is 14.4. The number of hydrogen-bond acceptors (Lipinski definition) is 5. The Hall–Kier alpha value is -3.87. The lowest BCUT2D eigenvalue weighted by Crippen LogP contribution is -2.17. The zero-order valence-electron chi connectivity index (χ0n) is 14.4. The molecule has 0 saturated heterocycles. The van der Waals surface area contributed by atoms with E-state index >= 15 is 0 Å². The van der Waals surface area contributed by atoms with Gasteiger partial charge in [0.05, 0.1) is 24.2 Å². The van der Waals surface area contributed by atoms with Crippen LogP contribution in [0.1, 0.15) is 5.69 Å². The van der Waals surface area contributed by atoms with Gasteiger partial charge in [0, 0.05) is 11.6 Å². The van der Waals surface area contributed by atoms with E-state index < -0.39 is 0 Å². The van der Waals surface area contributed by atoms with Crippen molar-refractivity contribution in [3.63, 3.8) is 0 Å². The van der Waals surface area contributed by atoms with Crippen LogP contribution in [-0.4, -0.2) is 19.6 Å². The minimum Gasteiger partial charge on any atom is -0.463 e. The quantitative estimate of drug-likeness (QED) is 0.517. The standard InChI is InChI=1S/C20H17N5O2/c1-2-27-17-11-7-6-10-16(17)21-13-15-12-18(26)25-20(22-15)23-19(24-25)14-8-4-3-5-9-14/h2-12,21H,1,13H2,(H,22,23,24). The SMILES string of the molecule is C=COc1ccccc1NCc1cc(=O)n2[nH]c(-c3ccccc3)nc2n1. The molecule has 27 heavy (non-hydrogen) atoms. The minimum atomic E-state index is -0.220. The Morgan fingerprint density at radius 3 is 2.70 bits per heavy atom. The van der Waals surface area contributed by atoms with Gasteiger partial charge in [-0.25, -0.2) is 4.98 Å². The Balaban J connectivity index is 1.62. The first-order valence-corrected chi connectivity index (χ1v) is 8.39. The molecular formula is C20H17N5O2. The van der Waals surface area contributed by atoms with Crippen LogP contribution in [0.15, 0.2) is 78.3 Å². The van der Waals surface area contributed by atoms with Crippen LogP contribution in [0.5, 0.6) is 5.75 Å². The fraction of sp³-hybridized carbons (Fsp3) is 0.0500. The Morgan fingerprint density at radius 1 is 1.11 bits per heavy atom. The van der Waals surface area contributed by atoms with Crippen LogP contribution < -0.4 is 15.6 Å². The van der Waals surface area contributed by atoms with Crippen molar-refractivity contribution in [2.45, 2.75) is 6.54 Å². The average Bonchev–Trinajstić information content (AvgIpc) is 3.13. The summed E-state index contributed by atoms with van der Waals surface area (Å²) < 4.78 is 6.70. The van der Waals surface area contributed by atoms with Gasteiger partial charge in [0.2, 0.25) is 0 Å². The van der Waals surface area contributed by atoms with Gasteiger partial charge in [-0.3, -0.25) is 9.89 Å². The molecule has 0 fully saturated rings. The van der Waals surface area contributed by atoms with Gasteiger partial charge in [0.1, 0.15) is 5.75 Å². The summed E-state index contributed by atoms with van der Waals surface area (Å²) in [6.07, 6.45) is 1.37. The number of aromatic amines is 1. The van der Waals surface area contributed by atoms with E-state index in [1.807, 2.05) is 54.6 Å². The molecule has 2 heterocycles. The van der Waals surface area contributed by atoms with Gasteiger partial charge >= 0.3 is 0 Å². The third-order valence-corrected chi connectivity index (χ3v) is 3.99. The zero-order chi connectivity index (χ0) is 18.6. The van der Waals surface area contributed by atoms with E-state index in [0.717, 1.165) is 11.3 Å². The second-order valence-electron chi connectivity index (χ2n) is 5.79. The molecule has 0 radical (unpaired) electrons. The molecule has 0 aliphatic heterocycles. The van der Waals surface area contributed by atoms with Crippen LogP contribution in [0.2, 0.25) is 0 Å². The van der Waals surface area contributed by atoms with Crippen molar-refractivity contribution in [1.29, 1.82) is 0 Å². The smallest absolute Gasteiger partial charge is 0.274 e. The van der Waals surface area contributed by atoms with Gasteiger partial charge in [-0.05, 0) is 12.1 Å². The highest BCUT2D eigenvalue weighted by Gasteiger charge is 2.10. The van der Waals surface area contributed by atoms with Crippen molar-refractivity contribution in [3.8, 4) is 17.1 Å². The van der Waals surface area contributed by atoms with E-state index in [9.17, 15) is 4.79 Å². The van der Waals surface area contributed by atoms with E-state index in [0.29, 0.717) is 29.6 Å². The molecule has 4 aromatic rings. The van der Waals surface area contributed by atoms with Gasteiger partial charge in [-0.15, -0.1) is 0 Å². The Bertz CT molecular complexity index is 1150. The van der Waals surface area contributed by atoms with Gasteiger partial charge in [-0.2, -0.15) is 9.50 Å². The third-order valence-electron chi connectivity index (χ3n) is 3.99. The van der Waals surface area contributed by atoms with Crippen molar-refractivity contribution in [2.75, 3.05) is 5.32 Å². The number of fused-ring (bicyclic) bond motifs is 1. The van der Waals surface area contributed by atoms with Crippen LogP contribution in [0.25, 0.3) is 17.2 Å². The fourth-order valence-corrected chi connectivity index (χ4v) is 2.73. The van der Waals surface area contributed by atoms with Gasteiger partial charge in [0.25, 0.3) is 11.3 Å². The number of rotatable bonds is 6. The molecular weight excluding hydrogens is 342 g/mol. The lowest BCUT2D eigenvalue weighted by Gasteiger charge is -2.10. The van der Waals surface area contributed by atoms with Gasteiger partial charge in [0.15, 0.2) is 5.82 Å². The highest BCUT2D eigenvalue weighted by molar-refractivity contribution is 5.57. The minimum absolute atomic E-state index is 0.220. The summed E-state index contributed by atoms with van der Waals surface area (Å²) in [5.41, 5.74) is 2.03. The summed E-state index contributed by atoms with van der Waals surface area (Å²) in [5.74, 6) is 1.57. The third kappa shape index (κ3) is 3.43. The maximum Gasteiger partial charge on any atom is 0.274 e. The number of benzene rings is 2. The molecule has 0 unspecified atom stereocenters. The van der Waals surface area contributed by atoms with Crippen molar-refractivity contribution in [2.24, 2.45) is 0 Å². The van der Waals surface area contributed by atoms with Crippen molar-refractivity contribution in [1.82, 2.24) is 19.6 Å². The highest BCUT2D eigenvalue weighted by Crippen LogP contribution is 2.24. The van der Waals surface area contributed by atoms with E-state index in [2.05, 4.69) is 27.0 Å². The fourth-order valence-electron chi connectivity index (χ4n) is 2.73. The Labute approximate surface area is 155 Å². The first kappa shape index (κ1) is 16.6. The predicted molar refractivity (Wildman–Crippen MR) is 104 cm³/mol. The van der Waals surface area contributed by atoms with Crippen LogP contribution in [0.3, 0.4) is 0 Å². The molecule has 7 nitrogen and oxygen atoms in total. The monoisotopic (exact) mass is 359 g/mol. The maximum atomic E-state index is 12.4. The van der Waals surface area contributed by atoms with Crippen LogP contribution in [0.4, 0.5) is 5.69 Å². The average molecular weight is 359 g/mol. The number of anilines is 1. The number of hydrogen-bond donors (Lipinski definition) is 2. The lowest BCUT2D eigenvalue weighted by molar-refractivity contribution is 0.485. The molecule has 0 bridgehead atoms. The van der Waals surface area contributed by atoms with Crippen molar-refractivity contribution >= 4 is 11.5 Å². The summed E-state index contributed by atoms with van der Waals surface area (Å²) in [4.78, 5) is 21.3. The molecule has 2 aromatic carbocycles. The summed E-state index contributed by atoms with van der Waals surface area (Å²) >= 11 is 0. The van der Waals surface area contributed by atoms with Crippen LogP contribution >= 0.6 is 0 Å². The second-order valence-corrected chi connectivity index (χ2v) is 5.79. The normalized spacial score (nSPS) is 10.7. The molecule has 2 aromatic heterocycles. The van der Waals surface area contributed by atoms with Crippen LogP contribution in [0, 0.1) is 0 Å². The second kappa shape index (κ2) is 7.17. The van der Waals surface area contributed by atoms with Crippen molar-refractivity contribution in [3.05, 3.63) is 89.6 Å². The first-order valence-electron chi connectivity index (χ1n) is 8.39. The summed E-state index contributed by atoms with van der Waals surface area (Å²) in [7, 11) is 0. The maximum absolute atomic E-state index is 12.4. The number of nitrogens with zero attached hydrogens (tertiary/aromatic N) is 3. The molecule has 0 spiro atoms. The van der Waals surface area contributed by atoms with Crippen LogP contribution in [-0.2, 0) is 6.54 Å². The number of ether oxygens (including phenoxy) is 1. The largest absolute Gasteiger partial charge is 0.463 e. The highest BCUT2D eigenvalue weighted by atomic mass is 16.5. The van der Waals surface area contributed by atoms with Crippen molar-refractivity contribution < 1.29 is 4.74 Å². The van der Waals surface area contributed by atoms with E-state index in [1.165, 1.54) is 16.8 Å². The van der Waals surface area contributed by atoms with Gasteiger partial charge in [-0.1, -0.05) is 49.0 Å². The number of H-pyrrole nitrogens is 1. The number of para-hydroxylation sites is 2. The molecule has 0 atom stereocenters. The molecule has 0 aliphatic carbocycles. The topological polar surface area (TPSA) is 84.3 Å². The molecule has 4 rings (SSSR count). The Morgan fingerprint density at radius 2 is 1.89 bits per heavy atom. The molecule has 2 N–H and O–H groups in total. The summed E-state index contributed by atoms with van der Waals surface area (Å²) in [6, 6.07) is 18.5. The Kier molecular flexibility index (Phi) is 4.40. The molecule has 0 aliphatic rings. The first-order chi connectivity index (χ1) is 13.2. The van der Waals surface area contributed by atoms with E-state index in [-0.39, 0.29) is 5.56 Å².